The molecule has 0 unspecified atom stereocenters. The lowest BCUT2D eigenvalue weighted by molar-refractivity contribution is -0.116. The van der Waals surface area contributed by atoms with E-state index in [1.807, 2.05) is 18.2 Å². The van der Waals surface area contributed by atoms with Gasteiger partial charge >= 0.3 is 0 Å². The standard InChI is InChI=1S/C21H26N4O2.2ClH/c26-20(8-7-16-9-12-22-13-10-16)25-18-6-3-4-17(14-18)21(27)24-15-19-5-1-2-11-23-19;;/h1-6,11,14,16,22H,7-10,12-13,15H2,(H,24,27)(H,25,26);2*1H. The molecule has 6 nitrogen and oxygen atoms in total. The van der Waals surface area contributed by atoms with Crippen LogP contribution >= 0.6 is 24.8 Å². The lowest BCUT2D eigenvalue weighted by Gasteiger charge is -2.22. The molecule has 2 amide bonds. The van der Waals surface area contributed by atoms with Crippen molar-refractivity contribution in [2.75, 3.05) is 18.4 Å². The number of hydrogen-bond donors (Lipinski definition) is 3. The first kappa shape index (κ1) is 24.9. The molecule has 2 aromatic rings. The average molecular weight is 439 g/mol. The maximum Gasteiger partial charge on any atom is 0.251 e. The van der Waals surface area contributed by atoms with E-state index >= 15 is 0 Å². The molecule has 0 radical (unpaired) electrons. The molecule has 3 rings (SSSR count). The Morgan fingerprint density at radius 1 is 1.07 bits per heavy atom. The van der Waals surface area contributed by atoms with Crippen molar-refractivity contribution in [1.29, 1.82) is 0 Å². The number of pyridine rings is 1. The summed E-state index contributed by atoms with van der Waals surface area (Å²) in [5.41, 5.74) is 1.96. The van der Waals surface area contributed by atoms with Crippen LogP contribution in [-0.4, -0.2) is 29.9 Å². The first-order valence-corrected chi connectivity index (χ1v) is 9.49. The van der Waals surface area contributed by atoms with Crippen LogP contribution in [0.2, 0.25) is 0 Å². The lowest BCUT2D eigenvalue weighted by atomic mass is 9.93. The highest BCUT2D eigenvalue weighted by Crippen LogP contribution is 2.18. The number of carbonyl (C=O) groups is 2. The lowest BCUT2D eigenvalue weighted by Crippen LogP contribution is -2.28. The van der Waals surface area contributed by atoms with Crippen molar-refractivity contribution in [2.24, 2.45) is 5.92 Å². The number of piperidine rings is 1. The minimum Gasteiger partial charge on any atom is -0.346 e. The van der Waals surface area contributed by atoms with Crippen LogP contribution in [0, 0.1) is 5.92 Å². The van der Waals surface area contributed by atoms with Gasteiger partial charge in [0.1, 0.15) is 0 Å². The summed E-state index contributed by atoms with van der Waals surface area (Å²) in [4.78, 5) is 28.7. The minimum absolute atomic E-state index is 0. The summed E-state index contributed by atoms with van der Waals surface area (Å²) in [6, 6.07) is 12.6. The second kappa shape index (κ2) is 13.1. The summed E-state index contributed by atoms with van der Waals surface area (Å²) in [5.74, 6) is 0.437. The maximum atomic E-state index is 12.3. The quantitative estimate of drug-likeness (QED) is 0.616. The van der Waals surface area contributed by atoms with Gasteiger partial charge in [0.2, 0.25) is 5.91 Å². The zero-order chi connectivity index (χ0) is 18.9. The highest BCUT2D eigenvalue weighted by molar-refractivity contribution is 5.97. The summed E-state index contributed by atoms with van der Waals surface area (Å²) in [7, 11) is 0. The van der Waals surface area contributed by atoms with Crippen molar-refractivity contribution >= 4 is 42.3 Å². The van der Waals surface area contributed by atoms with Crippen molar-refractivity contribution in [1.82, 2.24) is 15.6 Å². The fourth-order valence-corrected chi connectivity index (χ4v) is 3.24. The van der Waals surface area contributed by atoms with E-state index in [1.54, 1.807) is 30.5 Å². The van der Waals surface area contributed by atoms with Crippen LogP contribution in [0.3, 0.4) is 0 Å². The number of amides is 2. The first-order chi connectivity index (χ1) is 13.2. The van der Waals surface area contributed by atoms with Gasteiger partial charge in [-0.25, -0.2) is 0 Å². The largest absolute Gasteiger partial charge is 0.346 e. The number of benzene rings is 1. The Hall–Kier alpha value is -2.15. The van der Waals surface area contributed by atoms with Crippen LogP contribution in [-0.2, 0) is 11.3 Å². The molecule has 1 aliphatic rings. The summed E-state index contributed by atoms with van der Waals surface area (Å²) in [6.07, 6.45) is 5.40. The molecule has 0 saturated carbocycles. The van der Waals surface area contributed by atoms with Gasteiger partial charge in [0.15, 0.2) is 0 Å². The fourth-order valence-electron chi connectivity index (χ4n) is 3.24. The van der Waals surface area contributed by atoms with Gasteiger partial charge in [-0.1, -0.05) is 12.1 Å². The number of aromatic nitrogens is 1. The number of rotatable bonds is 7. The van der Waals surface area contributed by atoms with Crippen molar-refractivity contribution in [2.45, 2.75) is 32.2 Å². The molecule has 1 aromatic carbocycles. The summed E-state index contributed by atoms with van der Waals surface area (Å²) in [5, 5.41) is 9.08. The highest BCUT2D eigenvalue weighted by atomic mass is 35.5. The average Bonchev–Trinajstić information content (AvgIpc) is 2.72. The number of carbonyl (C=O) groups excluding carboxylic acids is 2. The summed E-state index contributed by atoms with van der Waals surface area (Å²) < 4.78 is 0. The second-order valence-corrected chi connectivity index (χ2v) is 6.86. The molecule has 1 aliphatic heterocycles. The van der Waals surface area contributed by atoms with E-state index in [2.05, 4.69) is 20.9 Å². The molecule has 0 spiro atoms. The van der Waals surface area contributed by atoms with E-state index in [-0.39, 0.29) is 36.6 Å². The Morgan fingerprint density at radius 2 is 1.86 bits per heavy atom. The maximum absolute atomic E-state index is 12.3. The number of nitrogens with one attached hydrogen (secondary N) is 3. The van der Waals surface area contributed by atoms with Crippen LogP contribution in [0.5, 0.6) is 0 Å². The van der Waals surface area contributed by atoms with Gasteiger partial charge in [0.25, 0.3) is 5.91 Å². The van der Waals surface area contributed by atoms with Crippen LogP contribution in [0.15, 0.2) is 48.7 Å². The van der Waals surface area contributed by atoms with Crippen molar-refractivity contribution in [3.05, 3.63) is 59.9 Å². The Balaban J connectivity index is 0.00000210. The van der Waals surface area contributed by atoms with E-state index in [9.17, 15) is 9.59 Å². The molecule has 0 atom stereocenters. The van der Waals surface area contributed by atoms with Crippen molar-refractivity contribution in [3.8, 4) is 0 Å². The zero-order valence-corrected chi connectivity index (χ0v) is 17.9. The van der Waals surface area contributed by atoms with E-state index in [0.717, 1.165) is 38.0 Å². The predicted octanol–water partition coefficient (Wildman–Crippen LogP) is 3.57. The SMILES string of the molecule is Cl.Cl.O=C(CCC1CCNCC1)Nc1cccc(C(=O)NCc2ccccn2)c1. The monoisotopic (exact) mass is 438 g/mol. The third kappa shape index (κ3) is 8.40. The summed E-state index contributed by atoms with van der Waals surface area (Å²) in [6.45, 7) is 2.45. The topological polar surface area (TPSA) is 83.1 Å². The smallest absolute Gasteiger partial charge is 0.251 e. The Kier molecular flexibility index (Phi) is 11.3. The van der Waals surface area contributed by atoms with Gasteiger partial charge in [0.05, 0.1) is 12.2 Å². The number of nitrogens with zero attached hydrogens (tertiary/aromatic N) is 1. The van der Waals surface area contributed by atoms with Crippen molar-refractivity contribution < 1.29 is 9.59 Å². The van der Waals surface area contributed by atoms with Gasteiger partial charge in [-0.15, -0.1) is 24.8 Å². The predicted molar refractivity (Wildman–Crippen MR) is 120 cm³/mol. The summed E-state index contributed by atoms with van der Waals surface area (Å²) >= 11 is 0. The Bertz CT molecular complexity index is 768. The molecule has 3 N–H and O–H groups in total. The molecule has 0 aliphatic carbocycles. The van der Waals surface area contributed by atoms with Gasteiger partial charge in [-0.05, 0) is 68.6 Å². The van der Waals surface area contributed by atoms with Crippen LogP contribution < -0.4 is 16.0 Å². The van der Waals surface area contributed by atoms with E-state index in [1.165, 1.54) is 0 Å². The molecule has 1 saturated heterocycles. The number of halogens is 2. The molecule has 2 heterocycles. The molecular formula is C21H28Cl2N4O2. The molecule has 1 aromatic heterocycles. The molecule has 1 fully saturated rings. The van der Waals surface area contributed by atoms with E-state index in [4.69, 9.17) is 0 Å². The van der Waals surface area contributed by atoms with Crippen LogP contribution in [0.1, 0.15) is 41.7 Å². The first-order valence-electron chi connectivity index (χ1n) is 9.49. The third-order valence-corrected chi connectivity index (χ3v) is 4.80. The molecular weight excluding hydrogens is 411 g/mol. The van der Waals surface area contributed by atoms with E-state index in [0.29, 0.717) is 30.1 Å². The van der Waals surface area contributed by atoms with E-state index < -0.39 is 0 Å². The van der Waals surface area contributed by atoms with Crippen LogP contribution in [0.4, 0.5) is 5.69 Å². The second-order valence-electron chi connectivity index (χ2n) is 6.86. The Morgan fingerprint density at radius 3 is 2.59 bits per heavy atom. The normalized spacial score (nSPS) is 13.5. The fraction of sp³-hybridized carbons (Fsp3) is 0.381. The number of anilines is 1. The molecule has 8 heteroatoms. The minimum atomic E-state index is -0.188. The van der Waals surface area contributed by atoms with Crippen LogP contribution in [0.25, 0.3) is 0 Å². The van der Waals surface area contributed by atoms with Gasteiger partial charge in [0, 0.05) is 23.9 Å². The van der Waals surface area contributed by atoms with Gasteiger partial charge < -0.3 is 16.0 Å². The van der Waals surface area contributed by atoms with Crippen molar-refractivity contribution in [3.63, 3.8) is 0 Å². The number of hydrogen-bond acceptors (Lipinski definition) is 4. The zero-order valence-electron chi connectivity index (χ0n) is 16.2. The van der Waals surface area contributed by atoms with Gasteiger partial charge in [-0.2, -0.15) is 0 Å². The molecule has 29 heavy (non-hydrogen) atoms. The third-order valence-electron chi connectivity index (χ3n) is 4.80. The molecule has 158 valence electrons. The van der Waals surface area contributed by atoms with Gasteiger partial charge in [-0.3, -0.25) is 14.6 Å². The highest BCUT2D eigenvalue weighted by Gasteiger charge is 2.15. The molecule has 0 bridgehead atoms. The Labute approximate surface area is 184 Å².